The maximum atomic E-state index is 12.7. The second kappa shape index (κ2) is 8.19. The summed E-state index contributed by atoms with van der Waals surface area (Å²) in [5.41, 5.74) is 7.28. The molecule has 4 rings (SSSR count). The molecule has 3 aromatic rings. The molecule has 154 valence electrons. The third kappa shape index (κ3) is 3.88. The van der Waals surface area contributed by atoms with Crippen LogP contribution in [0.15, 0.2) is 53.0 Å². The first-order chi connectivity index (χ1) is 14.4. The molecule has 2 heterocycles. The van der Waals surface area contributed by atoms with Crippen molar-refractivity contribution in [3.8, 4) is 17.2 Å². The number of amides is 2. The van der Waals surface area contributed by atoms with Gasteiger partial charge in [-0.2, -0.15) is 5.10 Å². The van der Waals surface area contributed by atoms with Gasteiger partial charge in [-0.3, -0.25) is 20.4 Å². The number of aromatic nitrogens is 2. The van der Waals surface area contributed by atoms with Crippen molar-refractivity contribution in [3.05, 3.63) is 70.0 Å². The van der Waals surface area contributed by atoms with Crippen molar-refractivity contribution in [3.63, 3.8) is 0 Å². The van der Waals surface area contributed by atoms with Gasteiger partial charge in [-0.1, -0.05) is 28.1 Å². The van der Waals surface area contributed by atoms with E-state index in [0.29, 0.717) is 28.5 Å². The van der Waals surface area contributed by atoms with Gasteiger partial charge in [0.1, 0.15) is 6.61 Å². The maximum absolute atomic E-state index is 12.7. The maximum Gasteiger partial charge on any atom is 0.283 e. The number of carbonyl (C=O) groups excluding carboxylic acids is 2. The Morgan fingerprint density at radius 2 is 1.77 bits per heavy atom. The second-order valence-corrected chi connectivity index (χ2v) is 7.66. The average molecular weight is 471 g/mol. The van der Waals surface area contributed by atoms with Gasteiger partial charge in [-0.05, 0) is 50.2 Å². The quantitative estimate of drug-likeness (QED) is 0.573. The first kappa shape index (κ1) is 20.0. The van der Waals surface area contributed by atoms with E-state index in [1.165, 1.54) is 0 Å². The SMILES string of the molecule is Cc1nn(-c2ccc(Br)cc2)c(C)c1C(=O)NNC(=O)C1COc2ccccc2O1. The van der Waals surface area contributed by atoms with Gasteiger partial charge in [0.2, 0.25) is 6.10 Å². The molecule has 1 aliphatic heterocycles. The van der Waals surface area contributed by atoms with E-state index in [2.05, 4.69) is 31.9 Å². The van der Waals surface area contributed by atoms with Crippen LogP contribution in [0.4, 0.5) is 0 Å². The molecule has 1 aliphatic rings. The number of hydrogen-bond acceptors (Lipinski definition) is 5. The summed E-state index contributed by atoms with van der Waals surface area (Å²) < 4.78 is 13.8. The van der Waals surface area contributed by atoms with Gasteiger partial charge in [0, 0.05) is 4.47 Å². The second-order valence-electron chi connectivity index (χ2n) is 6.74. The van der Waals surface area contributed by atoms with E-state index in [1.807, 2.05) is 30.3 Å². The lowest BCUT2D eigenvalue weighted by Crippen LogP contribution is -2.51. The summed E-state index contributed by atoms with van der Waals surface area (Å²) >= 11 is 3.40. The number of fused-ring (bicyclic) bond motifs is 1. The van der Waals surface area contributed by atoms with Gasteiger partial charge in [-0.15, -0.1) is 0 Å². The highest BCUT2D eigenvalue weighted by Crippen LogP contribution is 2.30. The Morgan fingerprint density at radius 3 is 2.50 bits per heavy atom. The monoisotopic (exact) mass is 470 g/mol. The van der Waals surface area contributed by atoms with E-state index in [0.717, 1.165) is 10.2 Å². The third-order valence-corrected chi connectivity index (χ3v) is 5.22. The van der Waals surface area contributed by atoms with E-state index in [4.69, 9.17) is 9.47 Å². The molecule has 9 heteroatoms. The third-order valence-electron chi connectivity index (χ3n) is 4.69. The van der Waals surface area contributed by atoms with Gasteiger partial charge in [0.25, 0.3) is 11.8 Å². The normalized spacial score (nSPS) is 14.8. The van der Waals surface area contributed by atoms with Crippen LogP contribution in [0.1, 0.15) is 21.7 Å². The number of ether oxygens (including phenoxy) is 2. The van der Waals surface area contributed by atoms with E-state index < -0.39 is 17.9 Å². The van der Waals surface area contributed by atoms with Crippen LogP contribution in [0.25, 0.3) is 5.69 Å². The molecule has 0 saturated carbocycles. The zero-order chi connectivity index (χ0) is 21.3. The molecule has 0 fully saturated rings. The highest BCUT2D eigenvalue weighted by atomic mass is 79.9. The Bertz CT molecular complexity index is 1110. The largest absolute Gasteiger partial charge is 0.485 e. The molecule has 0 radical (unpaired) electrons. The van der Waals surface area contributed by atoms with Crippen molar-refractivity contribution in [2.45, 2.75) is 20.0 Å². The number of hydrogen-bond donors (Lipinski definition) is 2. The number of aryl methyl sites for hydroxylation is 1. The van der Waals surface area contributed by atoms with Gasteiger partial charge in [0.05, 0.1) is 22.6 Å². The van der Waals surface area contributed by atoms with Crippen LogP contribution >= 0.6 is 15.9 Å². The van der Waals surface area contributed by atoms with E-state index >= 15 is 0 Å². The summed E-state index contributed by atoms with van der Waals surface area (Å²) in [6.07, 6.45) is -0.868. The smallest absolute Gasteiger partial charge is 0.283 e. The molecule has 2 amide bonds. The highest BCUT2D eigenvalue weighted by molar-refractivity contribution is 9.10. The molecule has 1 aromatic heterocycles. The number of hydrazine groups is 1. The summed E-state index contributed by atoms with van der Waals surface area (Å²) in [7, 11) is 0. The summed E-state index contributed by atoms with van der Waals surface area (Å²) in [5, 5.41) is 4.46. The molecular formula is C21H19BrN4O4. The van der Waals surface area contributed by atoms with Crippen molar-refractivity contribution in [2.24, 2.45) is 0 Å². The Kier molecular flexibility index (Phi) is 5.45. The summed E-state index contributed by atoms with van der Waals surface area (Å²) in [6.45, 7) is 3.60. The fraction of sp³-hybridized carbons (Fsp3) is 0.190. The Labute approximate surface area is 181 Å². The number of halogens is 1. The molecule has 30 heavy (non-hydrogen) atoms. The fourth-order valence-corrected chi connectivity index (χ4v) is 3.48. The van der Waals surface area contributed by atoms with Crippen molar-refractivity contribution >= 4 is 27.7 Å². The van der Waals surface area contributed by atoms with Crippen LogP contribution in [0.5, 0.6) is 11.5 Å². The predicted octanol–water partition coefficient (Wildman–Crippen LogP) is 2.85. The lowest BCUT2D eigenvalue weighted by Gasteiger charge is -2.25. The van der Waals surface area contributed by atoms with Crippen molar-refractivity contribution < 1.29 is 19.1 Å². The van der Waals surface area contributed by atoms with Crippen molar-refractivity contribution in [2.75, 3.05) is 6.61 Å². The molecule has 1 atom stereocenters. The molecule has 2 aromatic carbocycles. The van der Waals surface area contributed by atoms with Crippen LogP contribution in [0, 0.1) is 13.8 Å². The number of nitrogens with zero attached hydrogens (tertiary/aromatic N) is 2. The minimum atomic E-state index is -0.868. The molecule has 0 aliphatic carbocycles. The minimum absolute atomic E-state index is 0.0538. The first-order valence-electron chi connectivity index (χ1n) is 9.25. The number of carbonyl (C=O) groups is 2. The van der Waals surface area contributed by atoms with Crippen LogP contribution in [0.2, 0.25) is 0 Å². The van der Waals surface area contributed by atoms with Crippen molar-refractivity contribution in [1.29, 1.82) is 0 Å². The summed E-state index contributed by atoms with van der Waals surface area (Å²) in [6, 6.07) is 14.7. The summed E-state index contributed by atoms with van der Waals surface area (Å²) in [5.74, 6) is 0.0992. The number of para-hydroxylation sites is 2. The topological polar surface area (TPSA) is 94.5 Å². The lowest BCUT2D eigenvalue weighted by atomic mass is 10.2. The zero-order valence-corrected chi connectivity index (χ0v) is 17.9. The lowest BCUT2D eigenvalue weighted by molar-refractivity contribution is -0.131. The fourth-order valence-electron chi connectivity index (χ4n) is 3.22. The molecule has 1 unspecified atom stereocenters. The molecule has 8 nitrogen and oxygen atoms in total. The van der Waals surface area contributed by atoms with Crippen molar-refractivity contribution in [1.82, 2.24) is 20.6 Å². The highest BCUT2D eigenvalue weighted by Gasteiger charge is 2.28. The molecule has 2 N–H and O–H groups in total. The van der Waals surface area contributed by atoms with E-state index in [1.54, 1.807) is 36.7 Å². The molecule has 0 bridgehead atoms. The standard InChI is InChI=1S/C21H19BrN4O4/c1-12-19(13(2)26(25-12)15-9-7-14(22)8-10-15)21(28)24-23-20(27)18-11-29-16-5-3-4-6-17(16)30-18/h3-10,18H,11H2,1-2H3,(H,23,27)(H,24,28). The Hall–Kier alpha value is -3.33. The van der Waals surface area contributed by atoms with Gasteiger partial charge in [-0.25, -0.2) is 4.68 Å². The van der Waals surface area contributed by atoms with Crippen LogP contribution in [0.3, 0.4) is 0 Å². The first-order valence-corrected chi connectivity index (χ1v) is 10.0. The number of benzene rings is 2. The van der Waals surface area contributed by atoms with Gasteiger partial charge in [0.15, 0.2) is 11.5 Å². The number of rotatable bonds is 3. The van der Waals surface area contributed by atoms with E-state index in [9.17, 15) is 9.59 Å². The average Bonchev–Trinajstić information content (AvgIpc) is 3.06. The van der Waals surface area contributed by atoms with Crippen LogP contribution < -0.4 is 20.3 Å². The predicted molar refractivity (Wildman–Crippen MR) is 113 cm³/mol. The van der Waals surface area contributed by atoms with E-state index in [-0.39, 0.29) is 6.61 Å². The molecule has 0 saturated heterocycles. The van der Waals surface area contributed by atoms with Gasteiger partial charge < -0.3 is 9.47 Å². The Balaban J connectivity index is 1.43. The van der Waals surface area contributed by atoms with Crippen LogP contribution in [-0.4, -0.2) is 34.3 Å². The minimum Gasteiger partial charge on any atom is -0.485 e. The van der Waals surface area contributed by atoms with Gasteiger partial charge >= 0.3 is 0 Å². The number of nitrogens with one attached hydrogen (secondary N) is 2. The molecule has 0 spiro atoms. The molecular weight excluding hydrogens is 452 g/mol. The zero-order valence-electron chi connectivity index (χ0n) is 16.3. The Morgan fingerprint density at radius 1 is 1.07 bits per heavy atom. The summed E-state index contributed by atoms with van der Waals surface area (Å²) in [4.78, 5) is 25.1. The van der Waals surface area contributed by atoms with Crippen LogP contribution in [-0.2, 0) is 4.79 Å².